The molecule has 0 bridgehead atoms. The first kappa shape index (κ1) is 32.0. The summed E-state index contributed by atoms with van der Waals surface area (Å²) < 4.78 is 0. The maximum atomic E-state index is 0. The fourth-order valence-electron chi connectivity index (χ4n) is 0. The Bertz CT molecular complexity index is 4.00. The van der Waals surface area contributed by atoms with Crippen LogP contribution in [0.15, 0.2) is 0 Å². The molecule has 0 aliphatic rings. The van der Waals surface area contributed by atoms with E-state index in [9.17, 15) is 0 Å². The van der Waals surface area contributed by atoms with Gasteiger partial charge in [0.2, 0.25) is 0 Å². The first-order chi connectivity index (χ1) is 0. The van der Waals surface area contributed by atoms with E-state index >= 15 is 0 Å². The van der Waals surface area contributed by atoms with E-state index in [2.05, 4.69) is 0 Å². The molecule has 0 unspecified atom stereocenters. The van der Waals surface area contributed by atoms with E-state index in [0.717, 1.165) is 0 Å². The summed E-state index contributed by atoms with van der Waals surface area (Å²) in [7, 11) is 0. The Kier molecular flexibility index (Phi) is 144. The van der Waals surface area contributed by atoms with Crippen molar-refractivity contribution in [1.82, 2.24) is 0 Å². The van der Waals surface area contributed by atoms with Crippen LogP contribution in [0.25, 0.3) is 0 Å². The maximum absolute atomic E-state index is 0. The van der Waals surface area contributed by atoms with Gasteiger partial charge in [-0.2, -0.15) is 0 Å². The minimum absolute atomic E-state index is 0. The summed E-state index contributed by atoms with van der Waals surface area (Å²) >= 11 is 0. The molecule has 0 N–H and O–H groups in total. The van der Waals surface area contributed by atoms with Crippen molar-refractivity contribution in [1.29, 1.82) is 0 Å². The quantitative estimate of drug-likeness (QED) is 0.466. The zero-order valence-electron chi connectivity index (χ0n) is 1.63. The minimum atomic E-state index is 0. The second-order valence-corrected chi connectivity index (χ2v) is 0. The Balaban J connectivity index is 0. The molecule has 0 aromatic carbocycles. The molecule has 0 amide bonds. The molecule has 0 aliphatic carbocycles. The second kappa shape index (κ2) is 18.0. The number of hydrogen-bond donors (Lipinski definition) is 0. The normalized spacial score (nSPS) is 0. The van der Waals surface area contributed by atoms with Crippen molar-refractivity contribution in [2.75, 3.05) is 0 Å². The van der Waals surface area contributed by atoms with Crippen LogP contribution in [0, 0.1) is 0 Å². The third-order valence-corrected chi connectivity index (χ3v) is 0. The predicted octanol–water partition coefficient (Wildman–Crippen LogP) is -0.0100. The van der Waals surface area contributed by atoms with Gasteiger partial charge in [-0.15, -0.1) is 0 Å². The Labute approximate surface area is 75.9 Å². The van der Waals surface area contributed by atoms with E-state index in [1.165, 1.54) is 0 Å². The summed E-state index contributed by atoms with van der Waals surface area (Å²) in [6.45, 7) is 0. The molecular weight excluding hydrogens is 472 g/mol. The molecule has 0 aliphatic heterocycles. The maximum Gasteiger partial charge on any atom is 0 e. The van der Waals surface area contributed by atoms with Crippen LogP contribution >= 0.6 is 0 Å². The second-order valence-electron chi connectivity index (χ2n) is 0. The molecule has 4 heavy (non-hydrogen) atoms. The Morgan fingerprint density at radius 3 is 0.500 bits per heavy atom. The SMILES string of the molecule is [Cr].[Cr].[W].[W]. The smallest absolute Gasteiger partial charge is 0 e. The fraction of sp³-hybridized carbons (Fsp3) is 0. The summed E-state index contributed by atoms with van der Waals surface area (Å²) in [6, 6.07) is 0. The molecule has 0 aromatic heterocycles. The Morgan fingerprint density at radius 2 is 0.500 bits per heavy atom. The van der Waals surface area contributed by atoms with Crippen molar-refractivity contribution in [2.24, 2.45) is 0 Å². The molecular formula is Cr2W2. The van der Waals surface area contributed by atoms with Crippen molar-refractivity contribution < 1.29 is 76.9 Å². The fourth-order valence-corrected chi connectivity index (χ4v) is 0. The van der Waals surface area contributed by atoms with Crippen LogP contribution in [0.3, 0.4) is 0 Å². The predicted molar refractivity (Wildman–Crippen MR) is 0 cm³/mol. The van der Waals surface area contributed by atoms with Gasteiger partial charge in [0.05, 0.1) is 0 Å². The van der Waals surface area contributed by atoms with Crippen LogP contribution in [-0.2, 0) is 76.9 Å². The zero-order chi connectivity index (χ0) is 0. The summed E-state index contributed by atoms with van der Waals surface area (Å²) in [4.78, 5) is 0. The van der Waals surface area contributed by atoms with Gasteiger partial charge >= 0.3 is 0 Å². The van der Waals surface area contributed by atoms with Crippen molar-refractivity contribution >= 4 is 0 Å². The Morgan fingerprint density at radius 1 is 0.500 bits per heavy atom. The van der Waals surface area contributed by atoms with E-state index in [4.69, 9.17) is 0 Å². The van der Waals surface area contributed by atoms with Crippen LogP contribution in [0.1, 0.15) is 0 Å². The molecule has 0 rings (SSSR count). The van der Waals surface area contributed by atoms with E-state index in [-0.39, 0.29) is 76.9 Å². The minimum Gasteiger partial charge on any atom is 0 e. The van der Waals surface area contributed by atoms with Crippen LogP contribution in [0.2, 0.25) is 0 Å². The first-order valence-corrected chi connectivity index (χ1v) is 0. The van der Waals surface area contributed by atoms with E-state index in [0.29, 0.717) is 0 Å². The van der Waals surface area contributed by atoms with Gasteiger partial charge in [-0.1, -0.05) is 0 Å². The number of hydrogen-bond acceptors (Lipinski definition) is 0. The van der Waals surface area contributed by atoms with E-state index in [1.54, 1.807) is 0 Å². The van der Waals surface area contributed by atoms with Crippen molar-refractivity contribution in [3.63, 3.8) is 0 Å². The van der Waals surface area contributed by atoms with Crippen molar-refractivity contribution in [3.05, 3.63) is 0 Å². The molecule has 0 saturated carbocycles. The Hall–Kier alpha value is 2.44. The molecule has 0 saturated heterocycles. The van der Waals surface area contributed by atoms with Crippen LogP contribution in [-0.4, -0.2) is 0 Å². The van der Waals surface area contributed by atoms with E-state index < -0.39 is 0 Å². The molecule has 0 aromatic rings. The standard InChI is InChI=1S/2Cr.2W. The van der Waals surface area contributed by atoms with Crippen LogP contribution in [0.5, 0.6) is 0 Å². The van der Waals surface area contributed by atoms with Gasteiger partial charge in [0.1, 0.15) is 0 Å². The van der Waals surface area contributed by atoms with Gasteiger partial charge in [0.25, 0.3) is 0 Å². The molecule has 0 atom stereocenters. The van der Waals surface area contributed by atoms with Gasteiger partial charge in [0, 0.05) is 76.9 Å². The topological polar surface area (TPSA) is 0 Å². The first-order valence-electron chi connectivity index (χ1n) is 0. The largest absolute Gasteiger partial charge is 0 e. The summed E-state index contributed by atoms with van der Waals surface area (Å²) in [5.41, 5.74) is 0. The third kappa shape index (κ3) is 8.82. The zero-order valence-corrected chi connectivity index (χ0v) is 10.0. The molecule has 0 nitrogen and oxygen atoms in total. The molecule has 4 heteroatoms. The number of rotatable bonds is 0. The average Bonchev–Trinajstić information content (AvgIpc) is 0. The van der Waals surface area contributed by atoms with Crippen molar-refractivity contribution in [2.45, 2.75) is 0 Å². The molecule has 24 valence electrons. The monoisotopic (exact) mass is 472 g/mol. The summed E-state index contributed by atoms with van der Waals surface area (Å²) in [5.74, 6) is 0. The molecule has 0 heterocycles. The summed E-state index contributed by atoms with van der Waals surface area (Å²) in [5, 5.41) is 0. The van der Waals surface area contributed by atoms with E-state index in [1.807, 2.05) is 0 Å². The van der Waals surface area contributed by atoms with Gasteiger partial charge in [-0.3, -0.25) is 0 Å². The molecule has 0 radical (unpaired) electrons. The van der Waals surface area contributed by atoms with Gasteiger partial charge in [-0.25, -0.2) is 0 Å². The van der Waals surface area contributed by atoms with Crippen molar-refractivity contribution in [3.8, 4) is 0 Å². The van der Waals surface area contributed by atoms with Gasteiger partial charge in [-0.05, 0) is 0 Å². The van der Waals surface area contributed by atoms with Gasteiger partial charge < -0.3 is 0 Å². The summed E-state index contributed by atoms with van der Waals surface area (Å²) in [6.07, 6.45) is 0. The third-order valence-electron chi connectivity index (χ3n) is 0. The average molecular weight is 472 g/mol. The van der Waals surface area contributed by atoms with Crippen LogP contribution in [0.4, 0.5) is 0 Å². The van der Waals surface area contributed by atoms with Gasteiger partial charge in [0.15, 0.2) is 0 Å². The molecule has 0 fully saturated rings. The van der Waals surface area contributed by atoms with Crippen LogP contribution < -0.4 is 0 Å². The molecule has 0 spiro atoms.